The van der Waals surface area contributed by atoms with Crippen LogP contribution in [0.5, 0.6) is 0 Å². The van der Waals surface area contributed by atoms with Gasteiger partial charge >= 0.3 is 6.18 Å². The number of alkyl halides is 3. The predicted molar refractivity (Wildman–Crippen MR) is 71.9 cm³/mol. The van der Waals surface area contributed by atoms with E-state index in [1.807, 2.05) is 0 Å². The van der Waals surface area contributed by atoms with Crippen molar-refractivity contribution in [2.24, 2.45) is 7.05 Å². The second kappa shape index (κ2) is 6.34. The van der Waals surface area contributed by atoms with Crippen LogP contribution in [0.25, 0.3) is 0 Å². The lowest BCUT2D eigenvalue weighted by Crippen LogP contribution is -2.21. The van der Waals surface area contributed by atoms with Gasteiger partial charge < -0.3 is 9.88 Å². The van der Waals surface area contributed by atoms with E-state index in [9.17, 15) is 18.0 Å². The van der Waals surface area contributed by atoms with Crippen LogP contribution >= 0.6 is 11.8 Å². The number of nitrogens with one attached hydrogen (secondary N) is 1. The van der Waals surface area contributed by atoms with Crippen LogP contribution in [0.1, 0.15) is 18.3 Å². The van der Waals surface area contributed by atoms with Crippen LogP contribution in [0.3, 0.4) is 0 Å². The van der Waals surface area contributed by atoms with Gasteiger partial charge in [0, 0.05) is 20.2 Å². The van der Waals surface area contributed by atoms with E-state index >= 15 is 0 Å². The first-order chi connectivity index (χ1) is 10.3. The zero-order chi connectivity index (χ0) is 16.3. The molecular weight excluding hydrogens is 319 g/mol. The van der Waals surface area contributed by atoms with E-state index in [4.69, 9.17) is 0 Å². The van der Waals surface area contributed by atoms with Gasteiger partial charge in [0.05, 0.1) is 12.1 Å². The predicted octanol–water partition coefficient (Wildman–Crippen LogP) is 2.02. The van der Waals surface area contributed by atoms with E-state index in [1.54, 1.807) is 11.6 Å². The lowest BCUT2D eigenvalue weighted by molar-refractivity contribution is -0.137. The summed E-state index contributed by atoms with van der Waals surface area (Å²) in [6.45, 7) is 1.61. The quantitative estimate of drug-likeness (QED) is 0.928. The summed E-state index contributed by atoms with van der Waals surface area (Å²) in [4.78, 5) is 14.6. The fourth-order valence-electron chi connectivity index (χ4n) is 1.49. The Labute approximate surface area is 128 Å². The highest BCUT2D eigenvalue weighted by Gasteiger charge is 2.30. The highest BCUT2D eigenvalue weighted by molar-refractivity contribution is 7.99. The normalized spacial score (nSPS) is 11.5. The molecule has 0 aromatic carbocycles. The summed E-state index contributed by atoms with van der Waals surface area (Å²) in [6.07, 6.45) is -3.64. The molecule has 1 N–H and O–H groups in total. The average Bonchev–Trinajstić information content (AvgIpc) is 2.77. The van der Waals surface area contributed by atoms with Crippen molar-refractivity contribution in [2.75, 3.05) is 0 Å². The Morgan fingerprint density at radius 2 is 2.09 bits per heavy atom. The van der Waals surface area contributed by atoms with E-state index < -0.39 is 11.7 Å². The van der Waals surface area contributed by atoms with Gasteiger partial charge in [0.25, 0.3) is 0 Å². The van der Waals surface area contributed by atoms with Crippen molar-refractivity contribution < 1.29 is 18.0 Å². The van der Waals surface area contributed by atoms with Crippen molar-refractivity contribution in [1.29, 1.82) is 0 Å². The van der Waals surface area contributed by atoms with Crippen LogP contribution in [-0.4, -0.2) is 25.7 Å². The molecule has 0 bridgehead atoms. The number of carbonyl (C=O) groups is 1. The van der Waals surface area contributed by atoms with Gasteiger partial charge in [-0.05, 0) is 23.9 Å². The largest absolute Gasteiger partial charge is 0.417 e. The van der Waals surface area contributed by atoms with Crippen molar-refractivity contribution in [3.8, 4) is 0 Å². The lowest BCUT2D eigenvalue weighted by atomic mass is 10.3. The van der Waals surface area contributed by atoms with Crippen molar-refractivity contribution >= 4 is 17.7 Å². The number of hydrogen-bond acceptors (Lipinski definition) is 5. The highest BCUT2D eigenvalue weighted by atomic mass is 32.2. The molecule has 0 aliphatic carbocycles. The number of aromatic nitrogens is 4. The molecule has 0 saturated carbocycles. The third kappa shape index (κ3) is 3.97. The number of nitrogens with zero attached hydrogens (tertiary/aromatic N) is 4. The highest BCUT2D eigenvalue weighted by Crippen LogP contribution is 2.30. The van der Waals surface area contributed by atoms with Gasteiger partial charge in [-0.15, -0.1) is 10.2 Å². The minimum absolute atomic E-state index is 0.193. The smallest absolute Gasteiger partial charge is 0.349 e. The van der Waals surface area contributed by atoms with Crippen molar-refractivity contribution in [3.05, 3.63) is 29.7 Å². The molecule has 1 amide bonds. The van der Waals surface area contributed by atoms with Crippen LogP contribution in [0.2, 0.25) is 0 Å². The van der Waals surface area contributed by atoms with Gasteiger partial charge in [-0.2, -0.15) is 13.2 Å². The van der Waals surface area contributed by atoms with Gasteiger partial charge in [-0.25, -0.2) is 4.98 Å². The molecule has 118 valence electrons. The maximum Gasteiger partial charge on any atom is 0.417 e. The van der Waals surface area contributed by atoms with Crippen LogP contribution < -0.4 is 5.32 Å². The topological polar surface area (TPSA) is 72.7 Å². The maximum absolute atomic E-state index is 12.5. The van der Waals surface area contributed by atoms with E-state index in [-0.39, 0.29) is 12.5 Å². The standard InChI is InChI=1S/C12H12F3N5OS/c1-7(21)16-6-9-18-19-11(20(9)2)22-10-4-3-8(5-17-10)12(13,14)15/h3-5H,6H2,1-2H3,(H,16,21). The lowest BCUT2D eigenvalue weighted by Gasteiger charge is -2.07. The minimum Gasteiger partial charge on any atom is -0.349 e. The summed E-state index contributed by atoms with van der Waals surface area (Å²) in [7, 11) is 1.70. The van der Waals surface area contributed by atoms with E-state index in [2.05, 4.69) is 20.5 Å². The maximum atomic E-state index is 12.5. The average molecular weight is 331 g/mol. The van der Waals surface area contributed by atoms with Crippen LogP contribution in [0.15, 0.2) is 28.5 Å². The Morgan fingerprint density at radius 3 is 2.64 bits per heavy atom. The van der Waals surface area contributed by atoms with Gasteiger partial charge in [0.15, 0.2) is 11.0 Å². The second-order valence-electron chi connectivity index (χ2n) is 4.35. The summed E-state index contributed by atoms with van der Waals surface area (Å²) < 4.78 is 39.0. The zero-order valence-corrected chi connectivity index (χ0v) is 12.5. The van der Waals surface area contributed by atoms with Crippen molar-refractivity contribution in [1.82, 2.24) is 25.1 Å². The number of carbonyl (C=O) groups excluding carboxylic acids is 1. The molecule has 2 aromatic heterocycles. The van der Waals surface area contributed by atoms with Crippen LogP contribution in [-0.2, 0) is 24.6 Å². The van der Waals surface area contributed by atoms with Gasteiger partial charge in [0.1, 0.15) is 5.03 Å². The van der Waals surface area contributed by atoms with Crippen LogP contribution in [0.4, 0.5) is 13.2 Å². The number of amides is 1. The summed E-state index contributed by atoms with van der Waals surface area (Å²) in [5.41, 5.74) is -0.804. The fourth-order valence-corrected chi connectivity index (χ4v) is 2.25. The number of hydrogen-bond donors (Lipinski definition) is 1. The Kier molecular flexibility index (Phi) is 4.69. The molecule has 2 heterocycles. The van der Waals surface area contributed by atoms with E-state index in [0.29, 0.717) is 16.0 Å². The molecule has 0 atom stereocenters. The fraction of sp³-hybridized carbons (Fsp3) is 0.333. The Bertz CT molecular complexity index is 668. The van der Waals surface area contributed by atoms with Gasteiger partial charge in [-0.1, -0.05) is 0 Å². The summed E-state index contributed by atoms with van der Waals surface area (Å²) in [5, 5.41) is 11.3. The number of halogens is 3. The molecule has 10 heteroatoms. The molecule has 6 nitrogen and oxygen atoms in total. The Hall–Kier alpha value is -2.10. The monoisotopic (exact) mass is 331 g/mol. The number of pyridine rings is 1. The molecule has 0 aliphatic heterocycles. The molecule has 0 spiro atoms. The van der Waals surface area contributed by atoms with Gasteiger partial charge in [-0.3, -0.25) is 4.79 Å². The molecule has 0 radical (unpaired) electrons. The van der Waals surface area contributed by atoms with Gasteiger partial charge in [0.2, 0.25) is 5.91 Å². The van der Waals surface area contributed by atoms with E-state index in [0.717, 1.165) is 24.0 Å². The zero-order valence-electron chi connectivity index (χ0n) is 11.7. The van der Waals surface area contributed by atoms with Crippen molar-refractivity contribution in [2.45, 2.75) is 29.8 Å². The molecule has 0 aliphatic rings. The first-order valence-electron chi connectivity index (χ1n) is 6.11. The molecule has 0 unspecified atom stereocenters. The third-order valence-corrected chi connectivity index (χ3v) is 3.67. The molecule has 22 heavy (non-hydrogen) atoms. The first kappa shape index (κ1) is 16.3. The molecular formula is C12H12F3N5OS. The summed E-state index contributed by atoms with van der Waals surface area (Å²) >= 11 is 1.09. The number of rotatable bonds is 4. The second-order valence-corrected chi connectivity index (χ2v) is 5.34. The molecule has 2 aromatic rings. The summed E-state index contributed by atoms with van der Waals surface area (Å²) in [6, 6.07) is 2.24. The molecule has 0 fully saturated rings. The minimum atomic E-state index is -4.41. The molecule has 2 rings (SSSR count). The SMILES string of the molecule is CC(=O)NCc1nnc(Sc2ccc(C(F)(F)F)cn2)n1C. The van der Waals surface area contributed by atoms with Crippen LogP contribution in [0, 0.1) is 0 Å². The van der Waals surface area contributed by atoms with E-state index in [1.165, 1.54) is 13.0 Å². The Morgan fingerprint density at radius 1 is 1.36 bits per heavy atom. The van der Waals surface area contributed by atoms with Crippen molar-refractivity contribution in [3.63, 3.8) is 0 Å². The Balaban J connectivity index is 2.09. The third-order valence-electron chi connectivity index (χ3n) is 2.68. The first-order valence-corrected chi connectivity index (χ1v) is 6.93. The molecule has 0 saturated heterocycles. The summed E-state index contributed by atoms with van der Waals surface area (Å²) in [5.74, 6) is 0.339.